The van der Waals surface area contributed by atoms with Crippen LogP contribution in [-0.2, 0) is 11.0 Å². The van der Waals surface area contributed by atoms with Gasteiger partial charge in [0.15, 0.2) is 0 Å². The average Bonchev–Trinajstić information content (AvgIpc) is 2.59. The number of amides is 1. The van der Waals surface area contributed by atoms with Gasteiger partial charge in [0.1, 0.15) is 5.60 Å². The van der Waals surface area contributed by atoms with Gasteiger partial charge in [-0.1, -0.05) is 18.2 Å². The molecular formula is C18H17F3N2O2S2. The number of nitrogens with one attached hydrogen (secondary N) is 1. The summed E-state index contributed by atoms with van der Waals surface area (Å²) in [6.45, 7) is 1.31. The van der Waals surface area contributed by atoms with Crippen LogP contribution in [0.15, 0.2) is 53.4 Å². The molecule has 0 aliphatic rings. The van der Waals surface area contributed by atoms with E-state index in [4.69, 9.17) is 5.26 Å². The van der Waals surface area contributed by atoms with Gasteiger partial charge in [0.2, 0.25) is 0 Å². The fraction of sp³-hybridized carbons (Fsp3) is 0.222. The van der Waals surface area contributed by atoms with Gasteiger partial charge in [-0.25, -0.2) is 0 Å². The molecule has 0 spiro atoms. The van der Waals surface area contributed by atoms with Crippen molar-refractivity contribution < 1.29 is 23.1 Å². The molecule has 144 valence electrons. The molecular weight excluding hydrogens is 397 g/mol. The van der Waals surface area contributed by atoms with Crippen LogP contribution in [0.2, 0.25) is 0 Å². The van der Waals surface area contributed by atoms with Crippen LogP contribution >= 0.6 is 25.3 Å². The van der Waals surface area contributed by atoms with Crippen molar-refractivity contribution in [1.29, 1.82) is 5.26 Å². The predicted octanol–water partition coefficient (Wildman–Crippen LogP) is 4.17. The highest BCUT2D eigenvalue weighted by Gasteiger charge is 2.34. The summed E-state index contributed by atoms with van der Waals surface area (Å²) >= 11 is 1.27. The number of nitriles is 1. The normalized spacial score (nSPS) is 13.0. The molecule has 0 radical (unpaired) electrons. The SMILES string of the molecule is C[C@@](O)(CSc1ccccc1)C(=O)Nc1ccc(C(F)(F)F)c(C#N)c1.S. The number of carbonyl (C=O) groups excluding carboxylic acids is 1. The van der Waals surface area contributed by atoms with Crippen LogP contribution in [0.25, 0.3) is 0 Å². The molecule has 1 amide bonds. The second-order valence-electron chi connectivity index (χ2n) is 5.70. The lowest BCUT2D eigenvalue weighted by Gasteiger charge is -2.22. The van der Waals surface area contributed by atoms with E-state index < -0.39 is 28.8 Å². The highest BCUT2D eigenvalue weighted by atomic mass is 32.2. The molecule has 4 nitrogen and oxygen atoms in total. The second-order valence-corrected chi connectivity index (χ2v) is 6.75. The molecule has 0 unspecified atom stereocenters. The topological polar surface area (TPSA) is 73.1 Å². The van der Waals surface area contributed by atoms with E-state index in [9.17, 15) is 23.1 Å². The molecule has 1 atom stereocenters. The molecule has 0 aliphatic heterocycles. The van der Waals surface area contributed by atoms with Gasteiger partial charge in [0.05, 0.1) is 17.2 Å². The van der Waals surface area contributed by atoms with E-state index >= 15 is 0 Å². The Morgan fingerprint density at radius 1 is 1.22 bits per heavy atom. The van der Waals surface area contributed by atoms with E-state index in [0.717, 1.165) is 23.1 Å². The van der Waals surface area contributed by atoms with E-state index in [-0.39, 0.29) is 24.9 Å². The van der Waals surface area contributed by atoms with E-state index in [1.807, 2.05) is 30.3 Å². The Labute approximate surface area is 165 Å². The van der Waals surface area contributed by atoms with Gasteiger partial charge < -0.3 is 10.4 Å². The zero-order valence-corrected chi connectivity index (χ0v) is 16.0. The third-order valence-corrected chi connectivity index (χ3v) is 4.77. The summed E-state index contributed by atoms with van der Waals surface area (Å²) in [6.07, 6.45) is -4.66. The smallest absolute Gasteiger partial charge is 0.379 e. The first-order valence-corrected chi connectivity index (χ1v) is 8.45. The molecule has 2 aromatic rings. The van der Waals surface area contributed by atoms with E-state index in [1.165, 1.54) is 24.8 Å². The molecule has 2 rings (SSSR count). The van der Waals surface area contributed by atoms with Crippen molar-refractivity contribution in [2.75, 3.05) is 11.1 Å². The number of aliphatic hydroxyl groups is 1. The minimum absolute atomic E-state index is 0. The first-order chi connectivity index (χ1) is 12.1. The van der Waals surface area contributed by atoms with Crippen molar-refractivity contribution in [2.24, 2.45) is 0 Å². The van der Waals surface area contributed by atoms with Crippen molar-refractivity contribution in [1.82, 2.24) is 0 Å². The molecule has 27 heavy (non-hydrogen) atoms. The molecule has 0 saturated carbocycles. The number of hydrogen-bond acceptors (Lipinski definition) is 4. The van der Waals surface area contributed by atoms with Crippen LogP contribution in [0.1, 0.15) is 18.1 Å². The number of thioether (sulfide) groups is 1. The number of rotatable bonds is 5. The first kappa shape index (κ1) is 22.9. The summed E-state index contributed by atoms with van der Waals surface area (Å²) in [4.78, 5) is 13.1. The maximum absolute atomic E-state index is 12.8. The Morgan fingerprint density at radius 3 is 2.41 bits per heavy atom. The standard InChI is InChI=1S/C18H15F3N2O2S.H2S/c1-17(25,11-26-14-5-3-2-4-6-14)16(24)23-13-7-8-15(18(19,20)21)12(9-13)10-22;/h2-9,25H,11H2,1H3,(H,23,24);1H2/t17-;/m1./s1. The lowest BCUT2D eigenvalue weighted by molar-refractivity contribution is -0.137. The van der Waals surface area contributed by atoms with Gasteiger partial charge in [-0.05, 0) is 37.3 Å². The molecule has 0 saturated heterocycles. The van der Waals surface area contributed by atoms with Crippen molar-refractivity contribution in [3.8, 4) is 6.07 Å². The average molecular weight is 414 g/mol. The fourth-order valence-electron chi connectivity index (χ4n) is 2.03. The minimum Gasteiger partial charge on any atom is -0.379 e. The number of anilines is 1. The summed E-state index contributed by atoms with van der Waals surface area (Å²) in [6, 6.07) is 13.3. The van der Waals surface area contributed by atoms with Gasteiger partial charge in [0, 0.05) is 16.3 Å². The molecule has 0 aromatic heterocycles. The van der Waals surface area contributed by atoms with Gasteiger partial charge >= 0.3 is 6.18 Å². The first-order valence-electron chi connectivity index (χ1n) is 7.46. The molecule has 0 fully saturated rings. The lowest BCUT2D eigenvalue weighted by atomic mass is 10.1. The number of nitrogens with zero attached hydrogens (tertiary/aromatic N) is 1. The van der Waals surface area contributed by atoms with Crippen LogP contribution in [-0.4, -0.2) is 22.4 Å². The van der Waals surface area contributed by atoms with Crippen molar-refractivity contribution in [3.63, 3.8) is 0 Å². The Balaban J connectivity index is 0.00000364. The third-order valence-electron chi connectivity index (χ3n) is 3.46. The molecule has 0 heterocycles. The van der Waals surface area contributed by atoms with Gasteiger partial charge in [-0.3, -0.25) is 4.79 Å². The summed E-state index contributed by atoms with van der Waals surface area (Å²) in [5.74, 6) is -0.723. The van der Waals surface area contributed by atoms with Crippen LogP contribution in [0.3, 0.4) is 0 Å². The largest absolute Gasteiger partial charge is 0.417 e. The molecule has 2 aromatic carbocycles. The summed E-state index contributed by atoms with van der Waals surface area (Å²) in [5.41, 5.74) is -3.43. The number of benzene rings is 2. The maximum atomic E-state index is 12.8. The van der Waals surface area contributed by atoms with Crippen molar-refractivity contribution >= 4 is 36.9 Å². The maximum Gasteiger partial charge on any atom is 0.417 e. The molecule has 0 aliphatic carbocycles. The molecule has 2 N–H and O–H groups in total. The third kappa shape index (κ3) is 6.20. The zero-order chi connectivity index (χ0) is 19.4. The Hall–Kier alpha value is -2.15. The predicted molar refractivity (Wildman–Crippen MR) is 103 cm³/mol. The van der Waals surface area contributed by atoms with Crippen LogP contribution in [0.4, 0.5) is 18.9 Å². The van der Waals surface area contributed by atoms with Crippen LogP contribution in [0.5, 0.6) is 0 Å². The summed E-state index contributed by atoms with van der Waals surface area (Å²) in [5, 5.41) is 21.6. The van der Waals surface area contributed by atoms with Crippen LogP contribution < -0.4 is 5.32 Å². The minimum atomic E-state index is -4.66. The number of carbonyl (C=O) groups is 1. The van der Waals surface area contributed by atoms with Crippen molar-refractivity contribution in [2.45, 2.75) is 23.6 Å². The molecule has 0 bridgehead atoms. The van der Waals surface area contributed by atoms with E-state index in [1.54, 1.807) is 0 Å². The van der Waals surface area contributed by atoms with Gasteiger partial charge in [-0.2, -0.15) is 31.9 Å². The zero-order valence-electron chi connectivity index (χ0n) is 14.2. The number of halogens is 3. The lowest BCUT2D eigenvalue weighted by Crippen LogP contribution is -2.42. The number of alkyl halides is 3. The fourth-order valence-corrected chi connectivity index (χ4v) is 2.96. The highest BCUT2D eigenvalue weighted by molar-refractivity contribution is 7.99. The Kier molecular flexibility index (Phi) is 7.77. The summed E-state index contributed by atoms with van der Waals surface area (Å²) in [7, 11) is 0. The van der Waals surface area contributed by atoms with Crippen molar-refractivity contribution in [3.05, 3.63) is 59.7 Å². The highest BCUT2D eigenvalue weighted by Crippen LogP contribution is 2.33. The van der Waals surface area contributed by atoms with Gasteiger partial charge in [-0.15, -0.1) is 11.8 Å². The quantitative estimate of drug-likeness (QED) is 0.721. The van der Waals surface area contributed by atoms with E-state index in [2.05, 4.69) is 5.32 Å². The second kappa shape index (κ2) is 9.17. The van der Waals surface area contributed by atoms with E-state index in [0.29, 0.717) is 0 Å². The van der Waals surface area contributed by atoms with Gasteiger partial charge in [0.25, 0.3) is 5.91 Å². The van der Waals surface area contributed by atoms with Crippen LogP contribution in [0, 0.1) is 11.3 Å². The number of hydrogen-bond donors (Lipinski definition) is 2. The monoisotopic (exact) mass is 414 g/mol. The Morgan fingerprint density at radius 2 is 1.85 bits per heavy atom. The molecule has 9 heteroatoms. The summed E-state index contributed by atoms with van der Waals surface area (Å²) < 4.78 is 38.4. The Bertz CT molecular complexity index is 835.